The highest BCUT2D eigenvalue weighted by molar-refractivity contribution is 5.94. The number of benzene rings is 2. The van der Waals surface area contributed by atoms with Crippen molar-refractivity contribution in [3.63, 3.8) is 0 Å². The second-order valence-electron chi connectivity index (χ2n) is 5.64. The van der Waals surface area contributed by atoms with Crippen LogP contribution in [-0.2, 0) is 6.42 Å². The lowest BCUT2D eigenvalue weighted by Crippen LogP contribution is -2.30. The zero-order valence-corrected chi connectivity index (χ0v) is 14.4. The summed E-state index contributed by atoms with van der Waals surface area (Å²) in [5.74, 6) is 0.970. The van der Waals surface area contributed by atoms with Gasteiger partial charge in [-0.15, -0.1) is 0 Å². The maximum atomic E-state index is 12.3. The average molecular weight is 311 g/mol. The summed E-state index contributed by atoms with van der Waals surface area (Å²) in [7, 11) is 1.68. The van der Waals surface area contributed by atoms with Gasteiger partial charge in [0.05, 0.1) is 7.11 Å². The number of carbonyl (C=O) groups excluding carboxylic acids is 1. The molecule has 0 N–H and O–H groups in total. The van der Waals surface area contributed by atoms with E-state index in [1.54, 1.807) is 7.11 Å². The number of nitrogens with zero attached hydrogens (tertiary/aromatic N) is 1. The third-order valence-corrected chi connectivity index (χ3v) is 4.20. The van der Waals surface area contributed by atoms with Crippen molar-refractivity contribution in [3.05, 3.63) is 64.7 Å². The number of aryl methyl sites for hydroxylation is 1. The van der Waals surface area contributed by atoms with Gasteiger partial charge in [0.2, 0.25) is 0 Å². The van der Waals surface area contributed by atoms with Crippen LogP contribution in [0.15, 0.2) is 42.5 Å². The largest absolute Gasteiger partial charge is 0.497 e. The zero-order valence-electron chi connectivity index (χ0n) is 14.4. The van der Waals surface area contributed by atoms with Crippen molar-refractivity contribution in [2.45, 2.75) is 27.2 Å². The standard InChI is InChI=1S/C20H25NO2/c1-5-21(6-2)20(22)17-10-8-16(9-11-17)13-18-14-19(23-4)12-7-15(18)3/h7-12,14H,5-6,13H2,1-4H3. The molecule has 3 nitrogen and oxygen atoms in total. The Hall–Kier alpha value is -2.29. The molecular weight excluding hydrogens is 286 g/mol. The minimum absolute atomic E-state index is 0.0964. The normalized spacial score (nSPS) is 10.4. The van der Waals surface area contributed by atoms with E-state index in [0.29, 0.717) is 0 Å². The zero-order chi connectivity index (χ0) is 16.8. The number of hydrogen-bond acceptors (Lipinski definition) is 2. The third-order valence-electron chi connectivity index (χ3n) is 4.20. The molecule has 0 saturated heterocycles. The van der Waals surface area contributed by atoms with Crippen LogP contribution in [0.1, 0.15) is 40.9 Å². The van der Waals surface area contributed by atoms with Crippen molar-refractivity contribution in [1.82, 2.24) is 4.90 Å². The Labute approximate surface area is 138 Å². The molecule has 3 heteroatoms. The molecular formula is C20H25NO2. The van der Waals surface area contributed by atoms with Gasteiger partial charge in [-0.05, 0) is 68.1 Å². The van der Waals surface area contributed by atoms with Crippen molar-refractivity contribution in [2.24, 2.45) is 0 Å². The molecule has 23 heavy (non-hydrogen) atoms. The van der Waals surface area contributed by atoms with Crippen LogP contribution in [0.5, 0.6) is 5.75 Å². The Kier molecular flexibility index (Phi) is 5.80. The molecule has 0 unspecified atom stereocenters. The monoisotopic (exact) mass is 311 g/mol. The molecule has 0 heterocycles. The van der Waals surface area contributed by atoms with Crippen LogP contribution in [-0.4, -0.2) is 31.0 Å². The van der Waals surface area contributed by atoms with E-state index in [2.05, 4.69) is 19.1 Å². The average Bonchev–Trinajstić information content (AvgIpc) is 2.58. The van der Waals surface area contributed by atoms with Gasteiger partial charge < -0.3 is 9.64 Å². The molecule has 2 aromatic rings. The van der Waals surface area contributed by atoms with Gasteiger partial charge in [0.1, 0.15) is 5.75 Å². The summed E-state index contributed by atoms with van der Waals surface area (Å²) in [6.07, 6.45) is 0.836. The third kappa shape index (κ3) is 4.13. The van der Waals surface area contributed by atoms with Crippen molar-refractivity contribution in [3.8, 4) is 5.75 Å². The van der Waals surface area contributed by atoms with E-state index < -0.39 is 0 Å². The van der Waals surface area contributed by atoms with Gasteiger partial charge in [0, 0.05) is 18.7 Å². The number of carbonyl (C=O) groups is 1. The Morgan fingerprint density at radius 3 is 2.26 bits per heavy atom. The van der Waals surface area contributed by atoms with Crippen LogP contribution in [0, 0.1) is 6.92 Å². The maximum Gasteiger partial charge on any atom is 0.253 e. The first kappa shape index (κ1) is 17.1. The number of methoxy groups -OCH3 is 1. The van der Waals surface area contributed by atoms with Gasteiger partial charge in [-0.2, -0.15) is 0 Å². The number of amides is 1. The first-order valence-corrected chi connectivity index (χ1v) is 8.10. The second-order valence-corrected chi connectivity index (χ2v) is 5.64. The summed E-state index contributed by atoms with van der Waals surface area (Å²) >= 11 is 0. The van der Waals surface area contributed by atoms with E-state index in [0.717, 1.165) is 30.8 Å². The topological polar surface area (TPSA) is 29.5 Å². The molecule has 0 aliphatic carbocycles. The molecule has 0 fully saturated rings. The summed E-state index contributed by atoms with van der Waals surface area (Å²) in [4.78, 5) is 14.2. The molecule has 122 valence electrons. The summed E-state index contributed by atoms with van der Waals surface area (Å²) in [5, 5.41) is 0. The highest BCUT2D eigenvalue weighted by Gasteiger charge is 2.12. The van der Waals surface area contributed by atoms with Crippen molar-refractivity contribution >= 4 is 5.91 Å². The number of hydrogen-bond donors (Lipinski definition) is 0. The second kappa shape index (κ2) is 7.82. The molecule has 0 spiro atoms. The van der Waals surface area contributed by atoms with Crippen molar-refractivity contribution in [2.75, 3.05) is 20.2 Å². The lowest BCUT2D eigenvalue weighted by molar-refractivity contribution is 0.0773. The van der Waals surface area contributed by atoms with Crippen molar-refractivity contribution < 1.29 is 9.53 Å². The van der Waals surface area contributed by atoms with Gasteiger partial charge in [0.25, 0.3) is 5.91 Å². The Morgan fingerprint density at radius 1 is 1.04 bits per heavy atom. The van der Waals surface area contributed by atoms with Crippen LogP contribution < -0.4 is 4.74 Å². The molecule has 0 aromatic heterocycles. The quantitative estimate of drug-likeness (QED) is 0.804. The SMILES string of the molecule is CCN(CC)C(=O)c1ccc(Cc2cc(OC)ccc2C)cc1. The molecule has 0 atom stereocenters. The van der Waals surface area contributed by atoms with E-state index in [-0.39, 0.29) is 5.91 Å². The lowest BCUT2D eigenvalue weighted by atomic mass is 9.99. The summed E-state index contributed by atoms with van der Waals surface area (Å²) < 4.78 is 5.30. The highest BCUT2D eigenvalue weighted by Crippen LogP contribution is 2.20. The Balaban J connectivity index is 2.16. The molecule has 0 aliphatic rings. The number of ether oxygens (including phenoxy) is 1. The predicted octanol–water partition coefficient (Wildman–Crippen LogP) is 4.08. The van der Waals surface area contributed by atoms with Crippen molar-refractivity contribution in [1.29, 1.82) is 0 Å². The van der Waals surface area contributed by atoms with Crippen LogP contribution in [0.3, 0.4) is 0 Å². The van der Waals surface area contributed by atoms with E-state index >= 15 is 0 Å². The van der Waals surface area contributed by atoms with Crippen LogP contribution >= 0.6 is 0 Å². The number of rotatable bonds is 6. The first-order chi connectivity index (χ1) is 11.1. The highest BCUT2D eigenvalue weighted by atomic mass is 16.5. The van der Waals surface area contributed by atoms with E-state index in [9.17, 15) is 4.79 Å². The summed E-state index contributed by atoms with van der Waals surface area (Å²) in [5.41, 5.74) is 4.43. The van der Waals surface area contributed by atoms with Gasteiger partial charge >= 0.3 is 0 Å². The van der Waals surface area contributed by atoms with Crippen LogP contribution in [0.2, 0.25) is 0 Å². The van der Waals surface area contributed by atoms with E-state index in [1.807, 2.05) is 49.1 Å². The smallest absolute Gasteiger partial charge is 0.253 e. The Bertz CT molecular complexity index is 658. The first-order valence-electron chi connectivity index (χ1n) is 8.10. The maximum absolute atomic E-state index is 12.3. The Morgan fingerprint density at radius 2 is 1.70 bits per heavy atom. The molecule has 0 aliphatic heterocycles. The lowest BCUT2D eigenvalue weighted by Gasteiger charge is -2.18. The summed E-state index contributed by atoms with van der Waals surface area (Å²) in [6.45, 7) is 7.58. The molecule has 2 rings (SSSR count). The molecule has 2 aromatic carbocycles. The minimum atomic E-state index is 0.0964. The fourth-order valence-corrected chi connectivity index (χ4v) is 2.64. The fourth-order valence-electron chi connectivity index (χ4n) is 2.64. The van der Waals surface area contributed by atoms with Crippen LogP contribution in [0.4, 0.5) is 0 Å². The molecule has 1 amide bonds. The molecule has 0 radical (unpaired) electrons. The predicted molar refractivity (Wildman–Crippen MR) is 94.2 cm³/mol. The minimum Gasteiger partial charge on any atom is -0.497 e. The van der Waals surface area contributed by atoms with Gasteiger partial charge in [0.15, 0.2) is 0 Å². The van der Waals surface area contributed by atoms with E-state index in [1.165, 1.54) is 16.7 Å². The van der Waals surface area contributed by atoms with Gasteiger partial charge in [-0.25, -0.2) is 0 Å². The van der Waals surface area contributed by atoms with Crippen LogP contribution in [0.25, 0.3) is 0 Å². The van der Waals surface area contributed by atoms with Gasteiger partial charge in [-0.3, -0.25) is 4.79 Å². The molecule has 0 saturated carbocycles. The summed E-state index contributed by atoms with van der Waals surface area (Å²) in [6, 6.07) is 14.0. The fraction of sp³-hybridized carbons (Fsp3) is 0.350. The van der Waals surface area contributed by atoms with E-state index in [4.69, 9.17) is 4.74 Å². The molecule has 0 bridgehead atoms. The van der Waals surface area contributed by atoms with Gasteiger partial charge in [-0.1, -0.05) is 18.2 Å².